The van der Waals surface area contributed by atoms with E-state index in [1.54, 1.807) is 0 Å². The Labute approximate surface area is 273 Å². The molecule has 0 amide bonds. The van der Waals surface area contributed by atoms with Crippen molar-refractivity contribution in [3.8, 4) is 45.3 Å². The lowest BCUT2D eigenvalue weighted by atomic mass is 9.70. The van der Waals surface area contributed by atoms with Crippen molar-refractivity contribution in [1.29, 1.82) is 0 Å². The molecule has 1 aliphatic heterocycles. The molecular formula is C44H29NO2. The van der Waals surface area contributed by atoms with E-state index >= 15 is 0 Å². The zero-order valence-electron chi connectivity index (χ0n) is 25.8. The fourth-order valence-corrected chi connectivity index (χ4v) is 8.12. The van der Waals surface area contributed by atoms with Gasteiger partial charge in [0.15, 0.2) is 23.0 Å². The average Bonchev–Trinajstić information content (AvgIpc) is 3.57. The normalized spacial score (nSPS) is 13.7. The first-order chi connectivity index (χ1) is 23.2. The number of anilines is 3. The van der Waals surface area contributed by atoms with Gasteiger partial charge in [0.25, 0.3) is 0 Å². The molecule has 0 fully saturated rings. The van der Waals surface area contributed by atoms with E-state index in [1.807, 2.05) is 18.2 Å². The van der Waals surface area contributed by atoms with Crippen molar-refractivity contribution >= 4 is 17.1 Å². The molecule has 0 aromatic heterocycles. The van der Waals surface area contributed by atoms with Gasteiger partial charge in [0, 0.05) is 11.4 Å². The summed E-state index contributed by atoms with van der Waals surface area (Å²) in [6.45, 7) is 2.12. The van der Waals surface area contributed by atoms with Gasteiger partial charge in [-0.2, -0.15) is 0 Å². The third-order valence-corrected chi connectivity index (χ3v) is 9.97. The summed E-state index contributed by atoms with van der Waals surface area (Å²) in [7, 11) is 0. The van der Waals surface area contributed by atoms with Crippen LogP contribution >= 0.6 is 0 Å². The van der Waals surface area contributed by atoms with Crippen LogP contribution in [0.5, 0.6) is 23.0 Å². The summed E-state index contributed by atoms with van der Waals surface area (Å²) >= 11 is 0. The first-order valence-corrected chi connectivity index (χ1v) is 16.1. The first-order valence-electron chi connectivity index (χ1n) is 16.1. The molecule has 3 heteroatoms. The van der Waals surface area contributed by atoms with Crippen molar-refractivity contribution in [1.82, 2.24) is 0 Å². The van der Waals surface area contributed by atoms with E-state index in [0.717, 1.165) is 28.6 Å². The maximum Gasteiger partial charge on any atom is 0.194 e. The summed E-state index contributed by atoms with van der Waals surface area (Å²) in [5.74, 6) is 2.83. The number of rotatable bonds is 3. The summed E-state index contributed by atoms with van der Waals surface area (Å²) in [5, 5.41) is 0. The quantitative estimate of drug-likeness (QED) is 0.201. The third-order valence-electron chi connectivity index (χ3n) is 9.97. The highest BCUT2D eigenvalue weighted by Gasteiger charge is 2.52. The predicted molar refractivity (Wildman–Crippen MR) is 189 cm³/mol. The molecule has 0 saturated carbocycles. The SMILES string of the molecule is Cc1cccc(N(c2ccccc2)c2cccc3c2Oc2cc4c(cc2O3)-c2ccccc2C42c3ccccc3-c3ccccc32)c1. The molecule has 0 bridgehead atoms. The molecule has 0 radical (unpaired) electrons. The van der Waals surface area contributed by atoms with Gasteiger partial charge in [-0.25, -0.2) is 0 Å². The molecule has 1 spiro atoms. The molecule has 7 aromatic carbocycles. The van der Waals surface area contributed by atoms with Gasteiger partial charge in [-0.05, 0) is 106 Å². The van der Waals surface area contributed by atoms with E-state index in [2.05, 4.69) is 151 Å². The minimum absolute atomic E-state index is 0.449. The Morgan fingerprint density at radius 2 is 1.00 bits per heavy atom. The van der Waals surface area contributed by atoms with E-state index in [-0.39, 0.29) is 0 Å². The van der Waals surface area contributed by atoms with Crippen LogP contribution in [-0.2, 0) is 5.41 Å². The van der Waals surface area contributed by atoms with Gasteiger partial charge in [0.1, 0.15) is 0 Å². The molecule has 7 aromatic rings. The number of hydrogen-bond acceptors (Lipinski definition) is 3. The summed E-state index contributed by atoms with van der Waals surface area (Å²) < 4.78 is 13.7. The van der Waals surface area contributed by atoms with Crippen LogP contribution in [0.2, 0.25) is 0 Å². The Morgan fingerprint density at radius 1 is 0.426 bits per heavy atom. The second-order valence-electron chi connectivity index (χ2n) is 12.5. The molecule has 10 rings (SSSR count). The molecule has 0 unspecified atom stereocenters. The molecule has 3 aliphatic rings. The number of ether oxygens (including phenoxy) is 2. The van der Waals surface area contributed by atoms with Crippen LogP contribution in [0.25, 0.3) is 22.3 Å². The second kappa shape index (κ2) is 9.72. The van der Waals surface area contributed by atoms with E-state index < -0.39 is 5.41 Å². The van der Waals surface area contributed by atoms with Crippen molar-refractivity contribution in [3.63, 3.8) is 0 Å². The zero-order chi connectivity index (χ0) is 31.1. The smallest absolute Gasteiger partial charge is 0.194 e. The fourth-order valence-electron chi connectivity index (χ4n) is 8.12. The molecule has 0 N–H and O–H groups in total. The molecule has 222 valence electrons. The summed E-state index contributed by atoms with van der Waals surface area (Å²) in [6, 6.07) is 56.1. The van der Waals surface area contributed by atoms with Crippen molar-refractivity contribution < 1.29 is 9.47 Å². The summed E-state index contributed by atoms with van der Waals surface area (Å²) in [4.78, 5) is 2.24. The molecule has 3 nitrogen and oxygen atoms in total. The second-order valence-corrected chi connectivity index (χ2v) is 12.5. The average molecular weight is 604 g/mol. The molecule has 0 saturated heterocycles. The van der Waals surface area contributed by atoms with E-state index in [1.165, 1.54) is 50.1 Å². The maximum absolute atomic E-state index is 7.00. The number of nitrogens with zero attached hydrogens (tertiary/aromatic N) is 1. The predicted octanol–water partition coefficient (Wildman–Crippen LogP) is 11.7. The van der Waals surface area contributed by atoms with Crippen molar-refractivity contribution in [3.05, 3.63) is 186 Å². The lowest BCUT2D eigenvalue weighted by Gasteiger charge is -2.32. The molecule has 1 heterocycles. The number of benzene rings is 7. The Hall–Kier alpha value is -6.06. The van der Waals surface area contributed by atoms with Gasteiger partial charge in [-0.1, -0.05) is 109 Å². The lowest BCUT2D eigenvalue weighted by Crippen LogP contribution is -2.25. The first kappa shape index (κ1) is 26.2. The van der Waals surface area contributed by atoms with E-state index in [9.17, 15) is 0 Å². The summed E-state index contributed by atoms with van der Waals surface area (Å²) in [6.07, 6.45) is 0. The highest BCUT2D eigenvalue weighted by atomic mass is 16.6. The van der Waals surface area contributed by atoms with E-state index in [4.69, 9.17) is 9.47 Å². The lowest BCUT2D eigenvalue weighted by molar-refractivity contribution is 0.360. The van der Waals surface area contributed by atoms with E-state index in [0.29, 0.717) is 11.5 Å². The minimum atomic E-state index is -0.449. The van der Waals surface area contributed by atoms with Crippen molar-refractivity contribution in [2.45, 2.75) is 12.3 Å². The fraction of sp³-hybridized carbons (Fsp3) is 0.0455. The van der Waals surface area contributed by atoms with Crippen molar-refractivity contribution in [2.75, 3.05) is 4.90 Å². The van der Waals surface area contributed by atoms with Gasteiger partial charge < -0.3 is 14.4 Å². The van der Waals surface area contributed by atoms with Crippen LogP contribution < -0.4 is 14.4 Å². The Morgan fingerprint density at radius 3 is 1.68 bits per heavy atom. The summed E-state index contributed by atoms with van der Waals surface area (Å²) in [5.41, 5.74) is 13.9. The molecule has 2 aliphatic carbocycles. The molecular weight excluding hydrogens is 574 g/mol. The van der Waals surface area contributed by atoms with Gasteiger partial charge in [-0.3, -0.25) is 0 Å². The molecule has 0 atom stereocenters. The largest absolute Gasteiger partial charge is 0.449 e. The maximum atomic E-state index is 7.00. The Bertz CT molecular complexity index is 2350. The third kappa shape index (κ3) is 3.57. The number of aryl methyl sites for hydroxylation is 1. The van der Waals surface area contributed by atoms with Crippen molar-refractivity contribution in [2.24, 2.45) is 0 Å². The van der Waals surface area contributed by atoms with Gasteiger partial charge in [0.05, 0.1) is 11.1 Å². The van der Waals surface area contributed by atoms with Gasteiger partial charge in [0.2, 0.25) is 0 Å². The van der Waals surface area contributed by atoms with Crippen LogP contribution in [0.4, 0.5) is 17.1 Å². The van der Waals surface area contributed by atoms with Gasteiger partial charge in [-0.15, -0.1) is 0 Å². The van der Waals surface area contributed by atoms with Crippen LogP contribution in [0.3, 0.4) is 0 Å². The molecule has 47 heavy (non-hydrogen) atoms. The Balaban J connectivity index is 1.19. The topological polar surface area (TPSA) is 21.7 Å². The standard InChI is InChI=1S/C44H29NO2/c1-28-13-11-16-30(25-28)45(29-14-3-2-4-15-29)39-23-12-24-40-43(39)47-42-27-38-34(26-41(42)46-40)33-19-7-10-22-37(33)44(38)35-20-8-5-17-31(35)32-18-6-9-21-36(32)44/h2-27H,1H3. The van der Waals surface area contributed by atoms with Crippen LogP contribution in [0, 0.1) is 6.92 Å². The highest BCUT2D eigenvalue weighted by Crippen LogP contribution is 2.65. The van der Waals surface area contributed by atoms with Crippen LogP contribution in [-0.4, -0.2) is 0 Å². The number of para-hydroxylation sites is 2. The zero-order valence-corrected chi connectivity index (χ0v) is 25.8. The highest BCUT2D eigenvalue weighted by molar-refractivity contribution is 5.96. The number of fused-ring (bicyclic) bond motifs is 12. The van der Waals surface area contributed by atoms with Crippen LogP contribution in [0.15, 0.2) is 158 Å². The van der Waals surface area contributed by atoms with Crippen LogP contribution in [0.1, 0.15) is 27.8 Å². The Kier molecular flexibility index (Phi) is 5.41. The number of hydrogen-bond donors (Lipinski definition) is 0. The van der Waals surface area contributed by atoms with Gasteiger partial charge >= 0.3 is 0 Å². The minimum Gasteiger partial charge on any atom is -0.449 e. The monoisotopic (exact) mass is 603 g/mol.